The van der Waals surface area contributed by atoms with Crippen molar-refractivity contribution in [1.82, 2.24) is 15.4 Å². The number of hydrogen-bond donors (Lipinski definition) is 0. The summed E-state index contributed by atoms with van der Waals surface area (Å²) in [6.07, 6.45) is 6.04. The van der Waals surface area contributed by atoms with E-state index in [4.69, 9.17) is 44.7 Å². The first-order valence-electron chi connectivity index (χ1n) is 31.2. The molecule has 4 heterocycles. The van der Waals surface area contributed by atoms with Crippen LogP contribution in [0.4, 0.5) is 0 Å². The van der Waals surface area contributed by atoms with E-state index < -0.39 is 66.1 Å². The lowest BCUT2D eigenvalue weighted by Crippen LogP contribution is -2.66. The molecule has 3 saturated carbocycles. The van der Waals surface area contributed by atoms with Gasteiger partial charge >= 0.3 is 0 Å². The topological polar surface area (TPSA) is 114 Å². The summed E-state index contributed by atoms with van der Waals surface area (Å²) in [5.74, 6) is -2.65. The van der Waals surface area contributed by atoms with Gasteiger partial charge in [0.15, 0.2) is 0 Å². The fourth-order valence-corrected chi connectivity index (χ4v) is 18.6. The summed E-state index contributed by atoms with van der Waals surface area (Å²) in [4.78, 5) is 38.0. The summed E-state index contributed by atoms with van der Waals surface area (Å²) < 4.78 is 0. The highest BCUT2D eigenvalue weighted by Gasteiger charge is 2.75. The Morgan fingerprint density at radius 1 is 0.298 bits per heavy atom. The summed E-state index contributed by atoms with van der Waals surface area (Å²) in [5, 5.41) is 17.5. The number of hydrogen-bond acceptors (Lipinski definition) is 9. The second-order valence-electron chi connectivity index (χ2n) is 29.5. The molecule has 6 unspecified atom stereocenters. The molecule has 3 spiro atoms. The van der Waals surface area contributed by atoms with Crippen molar-refractivity contribution >= 4 is 0 Å². The molecule has 7 aromatic rings. The minimum absolute atomic E-state index is 0.137. The van der Waals surface area contributed by atoms with E-state index in [1.807, 2.05) is 0 Å². The molecule has 9 heteroatoms. The monoisotopic (exact) mass is 1130 g/mol. The Morgan fingerprint density at radius 3 is 0.786 bits per heavy atom. The number of nitrogens with zero attached hydrogens (tertiary/aromatic N) is 3. The normalized spacial score (nSPS) is 27.4. The maximum Gasteiger partial charge on any atom is 0.234 e. The first-order chi connectivity index (χ1) is 40.0. The Morgan fingerprint density at radius 2 is 0.524 bits per heavy atom. The number of rotatable bonds is 15. The second-order valence-corrected chi connectivity index (χ2v) is 29.5. The van der Waals surface area contributed by atoms with Gasteiger partial charge in [-0.15, -0.1) is 10.2 Å². The van der Waals surface area contributed by atoms with E-state index >= 15 is 0 Å². The van der Waals surface area contributed by atoms with Crippen LogP contribution < -0.4 is 0 Å². The minimum atomic E-state index is -0.784. The van der Waals surface area contributed by atoms with Gasteiger partial charge in [-0.25, -0.2) is 0 Å². The Labute approximate surface area is 499 Å². The van der Waals surface area contributed by atoms with Gasteiger partial charge in [-0.2, -0.15) is 29.3 Å². The Bertz CT molecular complexity index is 3330. The molecule has 3 aliphatic carbocycles. The molecule has 6 aromatic carbocycles. The van der Waals surface area contributed by atoms with Crippen molar-refractivity contribution in [2.75, 3.05) is 0 Å². The Hall–Kier alpha value is -5.91. The van der Waals surface area contributed by atoms with Crippen molar-refractivity contribution < 1.29 is 29.3 Å². The zero-order chi connectivity index (χ0) is 58.9. The van der Waals surface area contributed by atoms with E-state index in [0.29, 0.717) is 57.8 Å². The van der Waals surface area contributed by atoms with Crippen LogP contribution in [0.3, 0.4) is 0 Å². The van der Waals surface area contributed by atoms with Gasteiger partial charge in [0.1, 0.15) is 0 Å². The predicted octanol–water partition coefficient (Wildman–Crippen LogP) is 16.8. The van der Waals surface area contributed by atoms with Gasteiger partial charge in [-0.1, -0.05) is 265 Å². The molecule has 0 N–H and O–H groups in total. The summed E-state index contributed by atoms with van der Waals surface area (Å²) in [5.41, 5.74) is 5.11. The number of aromatic nitrogens is 3. The van der Waals surface area contributed by atoms with Crippen LogP contribution in [-0.4, -0.2) is 32.8 Å². The van der Waals surface area contributed by atoms with E-state index in [2.05, 4.69) is 265 Å². The molecule has 3 saturated heterocycles. The van der Waals surface area contributed by atoms with Crippen molar-refractivity contribution in [3.05, 3.63) is 232 Å². The molecule has 0 bridgehead atoms. The average Bonchev–Trinajstić information content (AvgIpc) is 1.64. The van der Waals surface area contributed by atoms with E-state index in [1.54, 1.807) is 0 Å². The third-order valence-corrected chi connectivity index (χ3v) is 24.0. The molecule has 13 rings (SSSR count). The lowest BCUT2D eigenvalue weighted by atomic mass is 9.37. The van der Waals surface area contributed by atoms with E-state index in [0.717, 1.165) is 11.4 Å². The molecule has 1 aromatic heterocycles. The molecule has 0 radical (unpaired) electrons. The SMILES string of the molecule is CC(C)(c1ccccc1)C1CC2(CCC1(c1nnnc(C3(C(C)(C)c4ccccc4)CCC4(CC3C(C)(C)c3ccccc3)OO4)c1C1(C(C)(C)c3ccccc3)CCC3(CC1C(C)(C)c1ccccc1)OO3)C(C)(C)c1ccccc1)OO2. The highest BCUT2D eigenvalue weighted by atomic mass is 17.4. The van der Waals surface area contributed by atoms with E-state index in [1.165, 1.54) is 38.9 Å². The summed E-state index contributed by atoms with van der Waals surface area (Å²) in [6, 6.07) is 67.5. The average molecular weight is 1130 g/mol. The summed E-state index contributed by atoms with van der Waals surface area (Å²) >= 11 is 0. The molecule has 6 fully saturated rings. The molecule has 9 nitrogen and oxygen atoms in total. The van der Waals surface area contributed by atoms with Gasteiger partial charge in [0, 0.05) is 71.2 Å². The minimum Gasteiger partial charge on any atom is -0.195 e. The van der Waals surface area contributed by atoms with Crippen LogP contribution in [0, 0.1) is 17.8 Å². The van der Waals surface area contributed by atoms with Crippen LogP contribution in [0.2, 0.25) is 0 Å². The fraction of sp³-hybridized carbons (Fsp3) is 0.480. The third-order valence-electron chi connectivity index (χ3n) is 24.0. The van der Waals surface area contributed by atoms with Gasteiger partial charge in [-0.05, 0) is 97.3 Å². The zero-order valence-electron chi connectivity index (χ0n) is 51.7. The van der Waals surface area contributed by atoms with Gasteiger partial charge in [0.2, 0.25) is 17.4 Å². The van der Waals surface area contributed by atoms with Crippen LogP contribution in [0.15, 0.2) is 182 Å². The van der Waals surface area contributed by atoms with Crippen LogP contribution >= 0.6 is 0 Å². The molecule has 0 amide bonds. The van der Waals surface area contributed by atoms with Crippen molar-refractivity contribution in [2.24, 2.45) is 17.8 Å². The first-order valence-corrected chi connectivity index (χ1v) is 31.2. The van der Waals surface area contributed by atoms with Crippen molar-refractivity contribution in [3.8, 4) is 0 Å². The van der Waals surface area contributed by atoms with Crippen molar-refractivity contribution in [2.45, 2.75) is 207 Å². The van der Waals surface area contributed by atoms with Crippen LogP contribution in [0.1, 0.15) is 191 Å². The zero-order valence-corrected chi connectivity index (χ0v) is 51.7. The Balaban J connectivity index is 1.26. The van der Waals surface area contributed by atoms with Crippen molar-refractivity contribution in [3.63, 3.8) is 0 Å². The highest BCUT2D eigenvalue weighted by molar-refractivity contribution is 5.56. The Kier molecular flexibility index (Phi) is 13.5. The third kappa shape index (κ3) is 8.54. The second kappa shape index (κ2) is 19.8. The van der Waals surface area contributed by atoms with E-state index in [-0.39, 0.29) is 17.8 Å². The molecular formula is C75H87N3O6. The lowest BCUT2D eigenvalue weighted by molar-refractivity contribution is -0.0208. The molecule has 84 heavy (non-hydrogen) atoms. The maximum absolute atomic E-state index is 6.38. The molecule has 3 aliphatic heterocycles. The first kappa shape index (κ1) is 57.2. The van der Waals surface area contributed by atoms with Crippen molar-refractivity contribution in [1.29, 1.82) is 0 Å². The molecule has 6 aliphatic rings. The lowest BCUT2D eigenvalue weighted by Gasteiger charge is -2.65. The van der Waals surface area contributed by atoms with Crippen LogP contribution in [0.25, 0.3) is 0 Å². The van der Waals surface area contributed by atoms with Crippen LogP contribution in [0.5, 0.6) is 0 Å². The van der Waals surface area contributed by atoms with Crippen LogP contribution in [-0.2, 0) is 78.1 Å². The van der Waals surface area contributed by atoms with Gasteiger partial charge < -0.3 is 0 Å². The van der Waals surface area contributed by atoms with Gasteiger partial charge in [-0.3, -0.25) is 0 Å². The fourth-order valence-electron chi connectivity index (χ4n) is 18.6. The quantitative estimate of drug-likeness (QED) is 0.0731. The summed E-state index contributed by atoms with van der Waals surface area (Å²) in [7, 11) is 0. The standard InChI is InChI=1S/C75H87N3O6/c1-64(2,52-31-19-13-20-32-52)58-49-70(79-80-70)43-46-73(58,67(7,8)55-37-25-16-26-38-55)61-62(74(68(9,10)56-39-27-17-28-40-56)47-44-71(81-82-71)50-59(74)65(3,4)53-33-21-14-22-34-53)76-78-77-63(61)75(69(11,12)57-41-29-18-30-42-57)48-45-72(83-84-72)51-60(75)66(5,6)54-35-23-15-24-36-54/h13-42,58-60H,43-51H2,1-12H3. The summed E-state index contributed by atoms with van der Waals surface area (Å²) in [6.45, 7) is 29.9. The molecular weight excluding hydrogens is 1040 g/mol. The van der Waals surface area contributed by atoms with Gasteiger partial charge in [0.25, 0.3) is 0 Å². The van der Waals surface area contributed by atoms with E-state index in [9.17, 15) is 0 Å². The molecule has 438 valence electrons. The predicted molar refractivity (Wildman–Crippen MR) is 328 cm³/mol. The van der Waals surface area contributed by atoms with Gasteiger partial charge in [0.05, 0.1) is 11.4 Å². The largest absolute Gasteiger partial charge is 0.234 e. The molecule has 6 atom stereocenters. The number of benzene rings is 6. The highest BCUT2D eigenvalue weighted by Crippen LogP contribution is 2.73. The smallest absolute Gasteiger partial charge is 0.195 e. The maximum atomic E-state index is 6.38.